The topological polar surface area (TPSA) is 81.4 Å². The molecule has 1 aromatic rings. The van der Waals surface area contributed by atoms with Crippen LogP contribution in [-0.4, -0.2) is 33.4 Å². The molecule has 0 aliphatic carbocycles. The van der Waals surface area contributed by atoms with Gasteiger partial charge in [-0.1, -0.05) is 38.1 Å². The first-order valence-corrected chi connectivity index (χ1v) is 9.97. The Morgan fingerprint density at radius 1 is 1.22 bits per heavy atom. The van der Waals surface area contributed by atoms with E-state index >= 15 is 0 Å². The molecule has 2 atom stereocenters. The van der Waals surface area contributed by atoms with Crippen molar-refractivity contribution >= 4 is 10.0 Å². The van der Waals surface area contributed by atoms with Gasteiger partial charge in [0.05, 0.1) is 11.9 Å². The van der Waals surface area contributed by atoms with Crippen molar-refractivity contribution in [2.24, 2.45) is 5.73 Å². The van der Waals surface area contributed by atoms with E-state index in [4.69, 9.17) is 10.5 Å². The highest BCUT2D eigenvalue weighted by Gasteiger charge is 2.22. The highest BCUT2D eigenvalue weighted by atomic mass is 32.2. The summed E-state index contributed by atoms with van der Waals surface area (Å²) < 4.78 is 32.4. The lowest BCUT2D eigenvalue weighted by molar-refractivity contribution is 0.0304. The molecule has 1 aromatic carbocycles. The molecule has 1 aliphatic rings. The van der Waals surface area contributed by atoms with Gasteiger partial charge in [-0.05, 0) is 36.3 Å². The summed E-state index contributed by atoms with van der Waals surface area (Å²) in [4.78, 5) is 0. The van der Waals surface area contributed by atoms with E-state index in [1.54, 1.807) is 0 Å². The van der Waals surface area contributed by atoms with E-state index in [-0.39, 0.29) is 24.4 Å². The average molecular weight is 340 g/mol. The fourth-order valence-electron chi connectivity index (χ4n) is 2.71. The van der Waals surface area contributed by atoms with Gasteiger partial charge < -0.3 is 10.5 Å². The zero-order chi connectivity index (χ0) is 16.9. The number of ether oxygens (including phenoxy) is 1. The Balaban J connectivity index is 1.85. The van der Waals surface area contributed by atoms with Gasteiger partial charge in [0.25, 0.3) is 0 Å². The molecule has 23 heavy (non-hydrogen) atoms. The Morgan fingerprint density at radius 3 is 2.43 bits per heavy atom. The van der Waals surface area contributed by atoms with E-state index in [0.29, 0.717) is 12.5 Å². The number of benzene rings is 1. The summed E-state index contributed by atoms with van der Waals surface area (Å²) in [5, 5.41) is 0. The number of nitrogens with one attached hydrogen (secondary N) is 1. The first-order chi connectivity index (χ1) is 10.9. The van der Waals surface area contributed by atoms with Gasteiger partial charge in [0.1, 0.15) is 0 Å². The summed E-state index contributed by atoms with van der Waals surface area (Å²) in [6.45, 7) is 5.13. The number of nitrogens with two attached hydrogens (primary N) is 1. The first-order valence-electron chi connectivity index (χ1n) is 8.32. The lowest BCUT2D eigenvalue weighted by Gasteiger charge is -2.23. The Kier molecular flexibility index (Phi) is 6.59. The molecule has 0 amide bonds. The van der Waals surface area contributed by atoms with Crippen LogP contribution in [0.25, 0.3) is 0 Å². The van der Waals surface area contributed by atoms with Crippen molar-refractivity contribution in [3.8, 4) is 0 Å². The molecule has 3 N–H and O–H groups in total. The van der Waals surface area contributed by atoms with E-state index in [1.807, 2.05) is 24.3 Å². The molecule has 2 unspecified atom stereocenters. The third-order valence-electron chi connectivity index (χ3n) is 4.23. The van der Waals surface area contributed by atoms with Crippen LogP contribution >= 0.6 is 0 Å². The minimum atomic E-state index is -3.36. The van der Waals surface area contributed by atoms with Gasteiger partial charge in [0.15, 0.2) is 0 Å². The number of rotatable bonds is 7. The predicted molar refractivity (Wildman–Crippen MR) is 92.8 cm³/mol. The van der Waals surface area contributed by atoms with E-state index in [0.717, 1.165) is 24.8 Å². The van der Waals surface area contributed by atoms with E-state index in [2.05, 4.69) is 18.6 Å². The van der Waals surface area contributed by atoms with Crippen LogP contribution in [0.4, 0.5) is 0 Å². The molecular weight excluding hydrogens is 312 g/mol. The van der Waals surface area contributed by atoms with Crippen molar-refractivity contribution in [2.75, 3.05) is 18.9 Å². The molecule has 1 heterocycles. The summed E-state index contributed by atoms with van der Waals surface area (Å²) in [6.07, 6.45) is 2.66. The van der Waals surface area contributed by atoms with Crippen molar-refractivity contribution in [1.82, 2.24) is 4.72 Å². The van der Waals surface area contributed by atoms with Gasteiger partial charge >= 0.3 is 0 Å². The zero-order valence-corrected chi connectivity index (χ0v) is 14.8. The number of hydrogen-bond acceptors (Lipinski definition) is 4. The van der Waals surface area contributed by atoms with Gasteiger partial charge in [0, 0.05) is 19.2 Å². The Morgan fingerprint density at radius 2 is 1.87 bits per heavy atom. The van der Waals surface area contributed by atoms with E-state index in [1.165, 1.54) is 5.56 Å². The van der Waals surface area contributed by atoms with Crippen LogP contribution in [0.15, 0.2) is 24.3 Å². The van der Waals surface area contributed by atoms with E-state index in [9.17, 15) is 8.42 Å². The van der Waals surface area contributed by atoms with Crippen LogP contribution in [0.1, 0.15) is 56.2 Å². The van der Waals surface area contributed by atoms with Crippen molar-refractivity contribution < 1.29 is 13.2 Å². The third-order valence-corrected chi connectivity index (χ3v) is 5.65. The lowest BCUT2D eigenvalue weighted by Crippen LogP contribution is -2.38. The second-order valence-corrected chi connectivity index (χ2v) is 8.40. The molecule has 6 heteroatoms. The average Bonchev–Trinajstić information content (AvgIpc) is 2.53. The van der Waals surface area contributed by atoms with Crippen molar-refractivity contribution in [3.63, 3.8) is 0 Å². The Bertz CT molecular complexity index is 578. The lowest BCUT2D eigenvalue weighted by atomic mass is 9.99. The smallest absolute Gasteiger partial charge is 0.214 e. The molecule has 5 nitrogen and oxygen atoms in total. The number of sulfonamides is 1. The minimum Gasteiger partial charge on any atom is -0.377 e. The van der Waals surface area contributed by atoms with Crippen LogP contribution in [0, 0.1) is 0 Å². The monoisotopic (exact) mass is 340 g/mol. The van der Waals surface area contributed by atoms with E-state index < -0.39 is 10.0 Å². The second kappa shape index (κ2) is 8.24. The molecule has 0 radical (unpaired) electrons. The molecule has 2 rings (SSSR count). The third kappa shape index (κ3) is 5.88. The second-order valence-electron chi connectivity index (χ2n) is 6.55. The predicted octanol–water partition coefficient (Wildman–Crippen LogP) is 2.30. The van der Waals surface area contributed by atoms with Crippen LogP contribution < -0.4 is 10.5 Å². The highest BCUT2D eigenvalue weighted by molar-refractivity contribution is 7.89. The molecule has 1 fully saturated rings. The molecule has 1 aliphatic heterocycles. The van der Waals surface area contributed by atoms with Gasteiger partial charge in [-0.25, -0.2) is 13.1 Å². The summed E-state index contributed by atoms with van der Waals surface area (Å²) in [7, 11) is -3.36. The summed E-state index contributed by atoms with van der Waals surface area (Å²) in [5.41, 5.74) is 8.29. The quantitative estimate of drug-likeness (QED) is 0.798. The Hall–Kier alpha value is -0.950. The van der Waals surface area contributed by atoms with Gasteiger partial charge in [-0.15, -0.1) is 0 Å². The van der Waals surface area contributed by atoms with Gasteiger partial charge in [0.2, 0.25) is 10.0 Å². The molecule has 0 bridgehead atoms. The molecule has 1 saturated heterocycles. The summed E-state index contributed by atoms with van der Waals surface area (Å²) in [6, 6.07) is 7.68. The molecular formula is C17H28N2O3S. The van der Waals surface area contributed by atoms with Gasteiger partial charge in [-0.2, -0.15) is 0 Å². The maximum Gasteiger partial charge on any atom is 0.214 e. The zero-order valence-electron chi connectivity index (χ0n) is 14.0. The SMILES string of the molecule is CC(C)c1ccc(C(N)CNS(=O)(=O)CC2CCCCO2)cc1. The van der Waals surface area contributed by atoms with Crippen LogP contribution in [0.2, 0.25) is 0 Å². The normalized spacial score (nSPS) is 20.6. The maximum atomic E-state index is 12.1. The van der Waals surface area contributed by atoms with Crippen molar-refractivity contribution in [2.45, 2.75) is 51.2 Å². The first kappa shape index (κ1) is 18.4. The number of hydrogen-bond donors (Lipinski definition) is 2. The fraction of sp³-hybridized carbons (Fsp3) is 0.647. The van der Waals surface area contributed by atoms with Crippen LogP contribution in [-0.2, 0) is 14.8 Å². The standard InChI is InChI=1S/C17H28N2O3S/c1-13(2)14-6-8-15(9-7-14)17(18)11-19-23(20,21)12-16-5-3-4-10-22-16/h6-9,13,16-17,19H,3-5,10-12,18H2,1-2H3. The summed E-state index contributed by atoms with van der Waals surface area (Å²) >= 11 is 0. The molecule has 0 aromatic heterocycles. The molecule has 130 valence electrons. The fourth-order valence-corrected chi connectivity index (χ4v) is 4.01. The Labute approximate surface area is 139 Å². The van der Waals surface area contributed by atoms with Crippen LogP contribution in [0.3, 0.4) is 0 Å². The minimum absolute atomic E-state index is 0.0198. The maximum absolute atomic E-state index is 12.1. The molecule has 0 spiro atoms. The molecule has 0 saturated carbocycles. The van der Waals surface area contributed by atoms with Crippen LogP contribution in [0.5, 0.6) is 0 Å². The highest BCUT2D eigenvalue weighted by Crippen LogP contribution is 2.18. The largest absolute Gasteiger partial charge is 0.377 e. The van der Waals surface area contributed by atoms with Gasteiger partial charge in [-0.3, -0.25) is 0 Å². The summed E-state index contributed by atoms with van der Waals surface area (Å²) in [5.74, 6) is 0.487. The van der Waals surface area contributed by atoms with Crippen molar-refractivity contribution in [3.05, 3.63) is 35.4 Å². The van der Waals surface area contributed by atoms with Crippen molar-refractivity contribution in [1.29, 1.82) is 0 Å².